The maximum Gasteiger partial charge on any atom is 0.258 e. The molecular formula is C17H17N3O3. The van der Waals surface area contributed by atoms with Crippen molar-refractivity contribution < 1.29 is 13.9 Å². The normalized spacial score (nSPS) is 21.2. The predicted molar refractivity (Wildman–Crippen MR) is 84.0 cm³/mol. The molecule has 1 aromatic carbocycles. The maximum atomic E-state index is 13.1. The van der Waals surface area contributed by atoms with E-state index >= 15 is 0 Å². The van der Waals surface area contributed by atoms with Gasteiger partial charge >= 0.3 is 0 Å². The summed E-state index contributed by atoms with van der Waals surface area (Å²) in [7, 11) is 1.67. The third-order valence-corrected chi connectivity index (χ3v) is 4.40. The van der Waals surface area contributed by atoms with Gasteiger partial charge in [0.1, 0.15) is 17.7 Å². The van der Waals surface area contributed by atoms with Crippen LogP contribution in [0.5, 0.6) is 0 Å². The Labute approximate surface area is 133 Å². The number of carbonyl (C=O) groups is 1. The maximum absolute atomic E-state index is 13.1. The molecule has 6 nitrogen and oxygen atoms in total. The van der Waals surface area contributed by atoms with Crippen LogP contribution in [0.25, 0.3) is 11.0 Å². The predicted octanol–water partition coefficient (Wildman–Crippen LogP) is 2.76. The number of imidazole rings is 1. The number of likely N-dealkylation sites (tertiary alicyclic amines) is 1. The first kappa shape index (κ1) is 14.0. The highest BCUT2D eigenvalue weighted by Crippen LogP contribution is 2.34. The van der Waals surface area contributed by atoms with Crippen LogP contribution >= 0.6 is 0 Å². The number of nitrogens with zero attached hydrogens (tertiary/aromatic N) is 2. The molecule has 0 bridgehead atoms. The third-order valence-electron chi connectivity index (χ3n) is 4.40. The largest absolute Gasteiger partial charge is 0.463 e. The van der Waals surface area contributed by atoms with Gasteiger partial charge in [0.25, 0.3) is 5.91 Å². The molecule has 2 atom stereocenters. The van der Waals surface area contributed by atoms with Gasteiger partial charge < -0.3 is 19.0 Å². The number of aromatic nitrogens is 2. The van der Waals surface area contributed by atoms with E-state index in [1.807, 2.05) is 29.2 Å². The Hall–Kier alpha value is -2.60. The summed E-state index contributed by atoms with van der Waals surface area (Å²) < 4.78 is 11.0. The first-order valence-corrected chi connectivity index (χ1v) is 7.57. The monoisotopic (exact) mass is 311 g/mol. The zero-order chi connectivity index (χ0) is 15.8. The lowest BCUT2D eigenvalue weighted by Crippen LogP contribution is -2.32. The Morgan fingerprint density at radius 3 is 3.09 bits per heavy atom. The molecule has 1 aliphatic heterocycles. The number of amides is 1. The van der Waals surface area contributed by atoms with Gasteiger partial charge in [-0.25, -0.2) is 4.98 Å². The van der Waals surface area contributed by atoms with Gasteiger partial charge in [-0.2, -0.15) is 0 Å². The summed E-state index contributed by atoms with van der Waals surface area (Å²) >= 11 is 0. The second-order valence-corrected chi connectivity index (χ2v) is 5.69. The summed E-state index contributed by atoms with van der Waals surface area (Å²) in [6.45, 7) is 0.542. The lowest BCUT2D eigenvalue weighted by molar-refractivity contribution is 0.0685. The van der Waals surface area contributed by atoms with E-state index in [-0.39, 0.29) is 18.1 Å². The number of aromatic amines is 1. The molecule has 1 fully saturated rings. The highest BCUT2D eigenvalue weighted by Gasteiger charge is 2.38. The Kier molecular flexibility index (Phi) is 3.38. The SMILES string of the molecule is CO[C@@H]1CC(c2ncc[nH]2)N(C(=O)c2coc3ccccc23)C1. The zero-order valence-corrected chi connectivity index (χ0v) is 12.7. The van der Waals surface area contributed by atoms with Crippen molar-refractivity contribution in [2.45, 2.75) is 18.6 Å². The van der Waals surface area contributed by atoms with E-state index in [0.29, 0.717) is 17.7 Å². The fourth-order valence-electron chi connectivity index (χ4n) is 3.21. The van der Waals surface area contributed by atoms with Crippen molar-refractivity contribution in [3.8, 4) is 0 Å². The standard InChI is InChI=1S/C17H17N3O3/c1-22-11-8-14(16-18-6-7-19-16)20(9-11)17(21)13-10-23-15-5-3-2-4-12(13)15/h2-7,10-11,14H,8-9H2,1H3,(H,18,19)/t11-,14?/m1/s1. The molecule has 0 saturated carbocycles. The number of hydrogen-bond acceptors (Lipinski definition) is 4. The van der Waals surface area contributed by atoms with Gasteiger partial charge in [0.15, 0.2) is 0 Å². The fraction of sp³-hybridized carbons (Fsp3) is 0.294. The van der Waals surface area contributed by atoms with E-state index in [4.69, 9.17) is 9.15 Å². The molecule has 1 aliphatic rings. The number of H-pyrrole nitrogens is 1. The smallest absolute Gasteiger partial charge is 0.258 e. The Bertz CT molecular complexity index is 825. The molecule has 3 heterocycles. The van der Waals surface area contributed by atoms with Crippen LogP contribution in [0, 0.1) is 0 Å². The van der Waals surface area contributed by atoms with Crippen LogP contribution in [-0.4, -0.2) is 40.5 Å². The molecule has 1 saturated heterocycles. The Balaban J connectivity index is 1.71. The van der Waals surface area contributed by atoms with Crippen molar-refractivity contribution in [1.82, 2.24) is 14.9 Å². The molecule has 1 N–H and O–H groups in total. The summed E-state index contributed by atoms with van der Waals surface area (Å²) in [5.74, 6) is 0.724. The van der Waals surface area contributed by atoms with Crippen LogP contribution in [0.4, 0.5) is 0 Å². The molecule has 6 heteroatoms. The van der Waals surface area contributed by atoms with E-state index in [2.05, 4.69) is 9.97 Å². The highest BCUT2D eigenvalue weighted by atomic mass is 16.5. The molecule has 0 aliphatic carbocycles. The van der Waals surface area contributed by atoms with E-state index in [0.717, 1.165) is 17.6 Å². The van der Waals surface area contributed by atoms with E-state index in [1.165, 1.54) is 6.26 Å². The van der Waals surface area contributed by atoms with Crippen LogP contribution in [-0.2, 0) is 4.74 Å². The number of methoxy groups -OCH3 is 1. The first-order valence-electron chi connectivity index (χ1n) is 7.57. The van der Waals surface area contributed by atoms with Crippen molar-refractivity contribution in [2.75, 3.05) is 13.7 Å². The second-order valence-electron chi connectivity index (χ2n) is 5.69. The summed E-state index contributed by atoms with van der Waals surface area (Å²) in [5.41, 5.74) is 1.29. The molecule has 23 heavy (non-hydrogen) atoms. The number of ether oxygens (including phenoxy) is 1. The van der Waals surface area contributed by atoms with Gasteiger partial charge in [-0.15, -0.1) is 0 Å². The molecule has 1 amide bonds. The lowest BCUT2D eigenvalue weighted by Gasteiger charge is -2.22. The first-order chi connectivity index (χ1) is 11.3. The quantitative estimate of drug-likeness (QED) is 0.807. The molecule has 0 radical (unpaired) electrons. The van der Waals surface area contributed by atoms with Crippen molar-refractivity contribution in [1.29, 1.82) is 0 Å². The van der Waals surface area contributed by atoms with Crippen LogP contribution in [0.2, 0.25) is 0 Å². The average molecular weight is 311 g/mol. The van der Waals surface area contributed by atoms with Crippen molar-refractivity contribution in [3.63, 3.8) is 0 Å². The summed E-state index contributed by atoms with van der Waals surface area (Å²) in [4.78, 5) is 22.3. The Morgan fingerprint density at radius 1 is 1.43 bits per heavy atom. The van der Waals surface area contributed by atoms with Crippen LogP contribution in [0.1, 0.15) is 28.6 Å². The van der Waals surface area contributed by atoms with Gasteiger partial charge in [-0.1, -0.05) is 18.2 Å². The topological polar surface area (TPSA) is 71.4 Å². The van der Waals surface area contributed by atoms with Gasteiger partial charge in [0, 0.05) is 37.9 Å². The van der Waals surface area contributed by atoms with Gasteiger partial charge in [0.05, 0.1) is 17.7 Å². The fourth-order valence-corrected chi connectivity index (χ4v) is 3.21. The van der Waals surface area contributed by atoms with Gasteiger partial charge in [-0.3, -0.25) is 4.79 Å². The van der Waals surface area contributed by atoms with E-state index < -0.39 is 0 Å². The number of fused-ring (bicyclic) bond motifs is 1. The molecule has 1 unspecified atom stereocenters. The Morgan fingerprint density at radius 2 is 2.30 bits per heavy atom. The minimum Gasteiger partial charge on any atom is -0.463 e. The number of carbonyl (C=O) groups excluding carboxylic acids is 1. The zero-order valence-electron chi connectivity index (χ0n) is 12.7. The molecule has 2 aromatic heterocycles. The highest BCUT2D eigenvalue weighted by molar-refractivity contribution is 6.06. The van der Waals surface area contributed by atoms with Crippen molar-refractivity contribution in [3.05, 3.63) is 54.3 Å². The molecular weight excluding hydrogens is 294 g/mol. The third kappa shape index (κ3) is 2.31. The minimum absolute atomic E-state index is 0.00668. The lowest BCUT2D eigenvalue weighted by atomic mass is 10.1. The number of benzene rings is 1. The van der Waals surface area contributed by atoms with Gasteiger partial charge in [0.2, 0.25) is 0 Å². The summed E-state index contributed by atoms with van der Waals surface area (Å²) in [6, 6.07) is 7.44. The van der Waals surface area contributed by atoms with Crippen LogP contribution in [0.3, 0.4) is 0 Å². The van der Waals surface area contributed by atoms with Crippen LogP contribution in [0.15, 0.2) is 47.3 Å². The number of nitrogens with one attached hydrogen (secondary N) is 1. The number of furan rings is 1. The molecule has 3 aromatic rings. The number of hydrogen-bond donors (Lipinski definition) is 1. The minimum atomic E-state index is -0.115. The van der Waals surface area contributed by atoms with Gasteiger partial charge in [-0.05, 0) is 6.07 Å². The number of para-hydroxylation sites is 1. The molecule has 0 spiro atoms. The van der Waals surface area contributed by atoms with Crippen molar-refractivity contribution in [2.24, 2.45) is 0 Å². The number of rotatable bonds is 3. The van der Waals surface area contributed by atoms with E-state index in [1.54, 1.807) is 19.5 Å². The van der Waals surface area contributed by atoms with Crippen molar-refractivity contribution >= 4 is 16.9 Å². The van der Waals surface area contributed by atoms with E-state index in [9.17, 15) is 4.79 Å². The summed E-state index contributed by atoms with van der Waals surface area (Å²) in [5, 5.41) is 0.830. The molecule has 118 valence electrons. The summed E-state index contributed by atoms with van der Waals surface area (Å²) in [6.07, 6.45) is 5.74. The van der Waals surface area contributed by atoms with Crippen LogP contribution < -0.4 is 0 Å². The average Bonchev–Trinajstić information content (AvgIpc) is 3.31. The second kappa shape index (κ2) is 5.55. The molecule has 4 rings (SSSR count).